The second kappa shape index (κ2) is 8.80. The molecule has 2 aromatic heterocycles. The molecule has 1 aliphatic rings. The van der Waals surface area contributed by atoms with Gasteiger partial charge in [-0.25, -0.2) is 0 Å². The summed E-state index contributed by atoms with van der Waals surface area (Å²) in [5.74, 6) is 0.908. The lowest BCUT2D eigenvalue weighted by Gasteiger charge is -2.36. The van der Waals surface area contributed by atoms with Crippen molar-refractivity contribution in [3.8, 4) is 0 Å². The van der Waals surface area contributed by atoms with Crippen molar-refractivity contribution in [3.05, 3.63) is 28.7 Å². The molecule has 152 valence electrons. The van der Waals surface area contributed by atoms with Gasteiger partial charge < -0.3 is 15.6 Å². The number of aromatic nitrogens is 2. The van der Waals surface area contributed by atoms with Crippen molar-refractivity contribution >= 4 is 28.2 Å². The Hall–Kier alpha value is -2.30. The zero-order chi connectivity index (χ0) is 20.3. The summed E-state index contributed by atoms with van der Waals surface area (Å²) in [4.78, 5) is 32.8. The van der Waals surface area contributed by atoms with Gasteiger partial charge in [-0.2, -0.15) is 4.98 Å². The second-order valence-electron chi connectivity index (χ2n) is 7.21. The summed E-state index contributed by atoms with van der Waals surface area (Å²) in [6, 6.07) is 1.31. The lowest BCUT2D eigenvalue weighted by molar-refractivity contribution is -0.121. The van der Waals surface area contributed by atoms with Gasteiger partial charge in [-0.15, -0.1) is 11.3 Å². The number of nitrogens with one attached hydrogen (secondary N) is 1. The average Bonchev–Trinajstić information content (AvgIpc) is 3.31. The van der Waals surface area contributed by atoms with E-state index in [0.29, 0.717) is 23.0 Å². The molecule has 1 atom stereocenters. The third kappa shape index (κ3) is 4.75. The summed E-state index contributed by atoms with van der Waals surface area (Å²) in [7, 11) is 0. The Kier molecular flexibility index (Phi) is 6.42. The first-order chi connectivity index (χ1) is 13.3. The molecule has 3 N–H and O–H groups in total. The molecule has 3 heterocycles. The molecule has 0 spiro atoms. The minimum absolute atomic E-state index is 0.142. The van der Waals surface area contributed by atoms with E-state index in [-0.39, 0.29) is 17.9 Å². The number of hydrogen-bond donors (Lipinski definition) is 2. The fourth-order valence-electron chi connectivity index (χ4n) is 3.05. The highest BCUT2D eigenvalue weighted by Crippen LogP contribution is 2.23. The fourth-order valence-corrected chi connectivity index (χ4v) is 3.84. The summed E-state index contributed by atoms with van der Waals surface area (Å²) >= 11 is 1.29. The molecular weight excluding hydrogens is 380 g/mol. The number of nitrogens with zero attached hydrogens (tertiary/aromatic N) is 4. The highest BCUT2D eigenvalue weighted by Gasteiger charge is 2.27. The van der Waals surface area contributed by atoms with Crippen molar-refractivity contribution in [1.82, 2.24) is 19.9 Å². The Morgan fingerprint density at radius 3 is 2.61 bits per heavy atom. The predicted octanol–water partition coefficient (Wildman–Crippen LogP) is 1.50. The molecule has 28 heavy (non-hydrogen) atoms. The van der Waals surface area contributed by atoms with E-state index in [4.69, 9.17) is 10.3 Å². The number of primary amides is 1. The number of piperazine rings is 1. The zero-order valence-corrected chi connectivity index (χ0v) is 17.2. The molecule has 0 bridgehead atoms. The Labute approximate surface area is 167 Å². The van der Waals surface area contributed by atoms with E-state index in [2.05, 4.69) is 25.3 Å². The minimum Gasteiger partial charge on any atom is -0.366 e. The van der Waals surface area contributed by atoms with Crippen molar-refractivity contribution in [1.29, 1.82) is 0 Å². The molecule has 2 aromatic rings. The standard InChI is InChI=1S/C18H26N6O3S/c1-11(2)16-20-14(27-22-16)10-23-5-7-24(8-6-23)12(3)17(26)21-18-13(15(19)25)4-9-28-18/h4,9,11-12H,5-8,10H2,1-3H3,(H2,19,25)(H,21,26). The van der Waals surface area contributed by atoms with Gasteiger partial charge >= 0.3 is 0 Å². The molecule has 9 nitrogen and oxygen atoms in total. The third-order valence-corrected chi connectivity index (χ3v) is 5.69. The number of anilines is 1. The smallest absolute Gasteiger partial charge is 0.251 e. The first kappa shape index (κ1) is 20.4. The van der Waals surface area contributed by atoms with E-state index in [1.807, 2.05) is 20.8 Å². The van der Waals surface area contributed by atoms with Crippen LogP contribution >= 0.6 is 11.3 Å². The van der Waals surface area contributed by atoms with Crippen LogP contribution in [0, 0.1) is 0 Å². The lowest BCUT2D eigenvalue weighted by Crippen LogP contribution is -2.52. The van der Waals surface area contributed by atoms with Gasteiger partial charge in [-0.1, -0.05) is 19.0 Å². The average molecular weight is 407 g/mol. The summed E-state index contributed by atoms with van der Waals surface area (Å²) < 4.78 is 5.31. The van der Waals surface area contributed by atoms with E-state index < -0.39 is 5.91 Å². The molecule has 0 saturated carbocycles. The number of nitrogens with two attached hydrogens (primary N) is 1. The first-order valence-electron chi connectivity index (χ1n) is 9.32. The van der Waals surface area contributed by atoms with E-state index in [1.54, 1.807) is 11.4 Å². The van der Waals surface area contributed by atoms with E-state index in [0.717, 1.165) is 32.0 Å². The van der Waals surface area contributed by atoms with Crippen molar-refractivity contribution in [2.45, 2.75) is 39.3 Å². The quantitative estimate of drug-likeness (QED) is 0.715. The van der Waals surface area contributed by atoms with Crippen LogP contribution in [0.2, 0.25) is 0 Å². The Balaban J connectivity index is 1.50. The first-order valence-corrected chi connectivity index (χ1v) is 10.2. The van der Waals surface area contributed by atoms with Crippen molar-refractivity contribution in [2.24, 2.45) is 5.73 Å². The van der Waals surface area contributed by atoms with Crippen LogP contribution in [0.15, 0.2) is 16.0 Å². The van der Waals surface area contributed by atoms with Gasteiger partial charge in [-0.05, 0) is 18.4 Å². The largest absolute Gasteiger partial charge is 0.366 e. The van der Waals surface area contributed by atoms with Gasteiger partial charge in [-0.3, -0.25) is 19.4 Å². The van der Waals surface area contributed by atoms with Gasteiger partial charge in [0.2, 0.25) is 11.8 Å². The molecule has 1 saturated heterocycles. The Bertz CT molecular complexity index is 825. The summed E-state index contributed by atoms with van der Waals surface area (Å²) in [5, 5.41) is 9.06. The van der Waals surface area contributed by atoms with E-state index in [9.17, 15) is 9.59 Å². The monoisotopic (exact) mass is 406 g/mol. The molecule has 3 rings (SSSR count). The molecule has 0 aromatic carbocycles. The number of carbonyl (C=O) groups is 2. The SMILES string of the molecule is CC(C)c1noc(CN2CCN(C(C)C(=O)Nc3sccc3C(N)=O)CC2)n1. The minimum atomic E-state index is -0.542. The molecule has 2 amide bonds. The van der Waals surface area contributed by atoms with Crippen LogP contribution in [0.5, 0.6) is 0 Å². The number of thiophene rings is 1. The van der Waals surface area contributed by atoms with Gasteiger partial charge in [0.1, 0.15) is 5.00 Å². The number of carbonyl (C=O) groups excluding carboxylic acids is 2. The van der Waals surface area contributed by atoms with Crippen LogP contribution in [0.1, 0.15) is 48.8 Å². The zero-order valence-electron chi connectivity index (χ0n) is 16.3. The lowest BCUT2D eigenvalue weighted by atomic mass is 10.2. The van der Waals surface area contributed by atoms with Gasteiger partial charge in [0, 0.05) is 32.1 Å². The van der Waals surface area contributed by atoms with Crippen LogP contribution < -0.4 is 11.1 Å². The topological polar surface area (TPSA) is 118 Å². The van der Waals surface area contributed by atoms with Crippen molar-refractivity contribution in [2.75, 3.05) is 31.5 Å². The molecule has 1 aliphatic heterocycles. The van der Waals surface area contributed by atoms with Crippen LogP contribution in [0.3, 0.4) is 0 Å². The predicted molar refractivity (Wildman–Crippen MR) is 106 cm³/mol. The maximum Gasteiger partial charge on any atom is 0.251 e. The highest BCUT2D eigenvalue weighted by atomic mass is 32.1. The van der Waals surface area contributed by atoms with Gasteiger partial charge in [0.15, 0.2) is 5.82 Å². The van der Waals surface area contributed by atoms with Crippen LogP contribution in [0.25, 0.3) is 0 Å². The summed E-state index contributed by atoms with van der Waals surface area (Å²) in [5.41, 5.74) is 5.68. The molecule has 0 aliphatic carbocycles. The molecule has 0 radical (unpaired) electrons. The number of hydrogen-bond acceptors (Lipinski definition) is 8. The summed E-state index contributed by atoms with van der Waals surface area (Å²) in [6.07, 6.45) is 0. The highest BCUT2D eigenvalue weighted by molar-refractivity contribution is 7.14. The number of amides is 2. The van der Waals surface area contributed by atoms with Crippen molar-refractivity contribution < 1.29 is 14.1 Å². The van der Waals surface area contributed by atoms with Gasteiger partial charge in [0.25, 0.3) is 5.91 Å². The van der Waals surface area contributed by atoms with Crippen LogP contribution in [-0.4, -0.2) is 64.0 Å². The van der Waals surface area contributed by atoms with Gasteiger partial charge in [0.05, 0.1) is 18.2 Å². The number of rotatable bonds is 7. The third-order valence-electron chi connectivity index (χ3n) is 4.86. The maximum atomic E-state index is 12.6. The second-order valence-corrected chi connectivity index (χ2v) is 8.12. The Morgan fingerprint density at radius 2 is 2.00 bits per heavy atom. The fraction of sp³-hybridized carbons (Fsp3) is 0.556. The molecule has 1 fully saturated rings. The van der Waals surface area contributed by atoms with E-state index >= 15 is 0 Å². The van der Waals surface area contributed by atoms with Crippen LogP contribution in [-0.2, 0) is 11.3 Å². The molecule has 1 unspecified atom stereocenters. The maximum absolute atomic E-state index is 12.6. The van der Waals surface area contributed by atoms with Crippen molar-refractivity contribution in [3.63, 3.8) is 0 Å². The van der Waals surface area contributed by atoms with Crippen LogP contribution in [0.4, 0.5) is 5.00 Å². The van der Waals surface area contributed by atoms with E-state index in [1.165, 1.54) is 11.3 Å². The molecular formula is C18H26N6O3S. The Morgan fingerprint density at radius 1 is 1.29 bits per heavy atom. The summed E-state index contributed by atoms with van der Waals surface area (Å²) in [6.45, 7) is 9.68. The molecule has 10 heteroatoms. The normalized spacial score (nSPS) is 17.0.